The number of aryl methyl sites for hydroxylation is 1. The molecule has 4 aromatic rings. The number of methoxy groups -OCH3 is 1. The first kappa shape index (κ1) is 28.0. The van der Waals surface area contributed by atoms with Crippen molar-refractivity contribution in [3.8, 4) is 11.5 Å². The van der Waals surface area contributed by atoms with E-state index in [4.69, 9.17) is 18.6 Å². The zero-order chi connectivity index (χ0) is 28.5. The number of carbonyl (C=O) groups excluding carboxylic acids is 3. The number of anilines is 1. The molecule has 206 valence electrons. The number of ether oxygens (including phenoxy) is 3. The molecule has 2 N–H and O–H groups in total. The molecule has 0 aliphatic heterocycles. The monoisotopic (exact) mass is 542 g/mol. The average molecular weight is 543 g/mol. The average Bonchev–Trinajstić information content (AvgIpc) is 3.36. The van der Waals surface area contributed by atoms with Gasteiger partial charge in [-0.1, -0.05) is 42.5 Å². The number of esters is 1. The largest absolute Gasteiger partial charge is 0.497 e. The van der Waals surface area contributed by atoms with Crippen molar-refractivity contribution in [3.63, 3.8) is 0 Å². The highest BCUT2D eigenvalue weighted by molar-refractivity contribution is 6.04. The predicted octanol–water partition coefficient (Wildman–Crippen LogP) is 5.46. The summed E-state index contributed by atoms with van der Waals surface area (Å²) in [6.45, 7) is 3.06. The minimum atomic E-state index is -0.713. The Kier molecular flexibility index (Phi) is 9.19. The summed E-state index contributed by atoms with van der Waals surface area (Å²) in [6.07, 6.45) is 0. The van der Waals surface area contributed by atoms with Crippen LogP contribution in [0, 0.1) is 6.92 Å². The van der Waals surface area contributed by atoms with Crippen molar-refractivity contribution in [2.45, 2.75) is 26.5 Å². The number of hydrogen-bond donors (Lipinski definition) is 2. The smallest absolute Gasteiger partial charge is 0.342 e. The van der Waals surface area contributed by atoms with E-state index < -0.39 is 18.5 Å². The molecule has 0 aliphatic rings. The fourth-order valence-corrected chi connectivity index (χ4v) is 3.93. The van der Waals surface area contributed by atoms with Crippen LogP contribution in [0.1, 0.15) is 50.8 Å². The van der Waals surface area contributed by atoms with Crippen LogP contribution in [-0.4, -0.2) is 31.5 Å². The SMILES string of the molecule is COc1ccc(OCc2cc(C(=O)OCC(=O)Nc3ccccc3C(=O)N[C@@H](C)c3ccccc3)c(C)o2)cc1. The summed E-state index contributed by atoms with van der Waals surface area (Å²) in [5.41, 5.74) is 1.74. The molecule has 0 bridgehead atoms. The Morgan fingerprint density at radius 2 is 1.55 bits per heavy atom. The van der Waals surface area contributed by atoms with E-state index >= 15 is 0 Å². The van der Waals surface area contributed by atoms with E-state index in [1.54, 1.807) is 62.6 Å². The zero-order valence-corrected chi connectivity index (χ0v) is 22.4. The third-order valence-electron chi connectivity index (χ3n) is 6.06. The molecular weight excluding hydrogens is 512 g/mol. The lowest BCUT2D eigenvalue weighted by Crippen LogP contribution is -2.28. The Hall–Kier alpha value is -5.05. The van der Waals surface area contributed by atoms with Crippen LogP contribution in [0.2, 0.25) is 0 Å². The Labute approximate surface area is 232 Å². The van der Waals surface area contributed by atoms with E-state index in [0.717, 1.165) is 5.56 Å². The van der Waals surface area contributed by atoms with E-state index in [-0.39, 0.29) is 29.7 Å². The second-order valence-electron chi connectivity index (χ2n) is 8.92. The number of para-hydroxylation sites is 1. The quantitative estimate of drug-likeness (QED) is 0.242. The number of furan rings is 1. The molecule has 4 rings (SSSR count). The van der Waals surface area contributed by atoms with Crippen molar-refractivity contribution in [3.05, 3.63) is 113 Å². The van der Waals surface area contributed by atoms with Crippen LogP contribution >= 0.6 is 0 Å². The van der Waals surface area contributed by atoms with Crippen LogP contribution in [0.25, 0.3) is 0 Å². The van der Waals surface area contributed by atoms with Crippen LogP contribution in [-0.2, 0) is 16.1 Å². The van der Waals surface area contributed by atoms with Crippen molar-refractivity contribution in [2.75, 3.05) is 19.0 Å². The van der Waals surface area contributed by atoms with Crippen molar-refractivity contribution >= 4 is 23.5 Å². The van der Waals surface area contributed by atoms with Crippen LogP contribution in [0.5, 0.6) is 11.5 Å². The summed E-state index contributed by atoms with van der Waals surface area (Å²) in [7, 11) is 1.58. The lowest BCUT2D eigenvalue weighted by molar-refractivity contribution is -0.119. The maximum atomic E-state index is 12.9. The highest BCUT2D eigenvalue weighted by Crippen LogP contribution is 2.21. The minimum Gasteiger partial charge on any atom is -0.497 e. The van der Waals surface area contributed by atoms with E-state index in [0.29, 0.717) is 28.7 Å². The molecule has 0 saturated heterocycles. The van der Waals surface area contributed by atoms with Gasteiger partial charge >= 0.3 is 5.97 Å². The lowest BCUT2D eigenvalue weighted by Gasteiger charge is -2.16. The van der Waals surface area contributed by atoms with Crippen molar-refractivity contribution in [2.24, 2.45) is 0 Å². The molecule has 0 unspecified atom stereocenters. The molecule has 0 saturated carbocycles. The number of hydrogen-bond acceptors (Lipinski definition) is 7. The number of carbonyl (C=O) groups is 3. The zero-order valence-electron chi connectivity index (χ0n) is 22.4. The van der Waals surface area contributed by atoms with Gasteiger partial charge in [0.25, 0.3) is 11.8 Å². The molecule has 9 nitrogen and oxygen atoms in total. The molecule has 40 heavy (non-hydrogen) atoms. The first-order valence-electron chi connectivity index (χ1n) is 12.6. The van der Waals surface area contributed by atoms with Gasteiger partial charge in [0.2, 0.25) is 0 Å². The Bertz CT molecular complexity index is 1460. The first-order chi connectivity index (χ1) is 19.3. The van der Waals surface area contributed by atoms with Gasteiger partial charge in [0.05, 0.1) is 24.4 Å². The van der Waals surface area contributed by atoms with Gasteiger partial charge < -0.3 is 29.3 Å². The van der Waals surface area contributed by atoms with Gasteiger partial charge in [-0.15, -0.1) is 0 Å². The molecule has 0 aliphatic carbocycles. The van der Waals surface area contributed by atoms with Gasteiger partial charge in [0, 0.05) is 0 Å². The lowest BCUT2D eigenvalue weighted by atomic mass is 10.1. The van der Waals surface area contributed by atoms with Gasteiger partial charge in [-0.3, -0.25) is 9.59 Å². The highest BCUT2D eigenvalue weighted by atomic mass is 16.5. The first-order valence-corrected chi connectivity index (χ1v) is 12.6. The minimum absolute atomic E-state index is 0.0999. The number of benzene rings is 3. The maximum absolute atomic E-state index is 12.9. The summed E-state index contributed by atoms with van der Waals surface area (Å²) in [6, 6.07) is 24.5. The predicted molar refractivity (Wildman–Crippen MR) is 148 cm³/mol. The topological polar surface area (TPSA) is 116 Å². The summed E-state index contributed by atoms with van der Waals surface area (Å²) in [4.78, 5) is 38.1. The summed E-state index contributed by atoms with van der Waals surface area (Å²) in [5.74, 6) is 0.438. The van der Waals surface area contributed by atoms with Gasteiger partial charge in [0.15, 0.2) is 6.61 Å². The maximum Gasteiger partial charge on any atom is 0.342 e. The van der Waals surface area contributed by atoms with Crippen LogP contribution in [0.4, 0.5) is 5.69 Å². The van der Waals surface area contributed by atoms with Crippen LogP contribution < -0.4 is 20.1 Å². The molecule has 1 aromatic heterocycles. The molecule has 2 amide bonds. The van der Waals surface area contributed by atoms with Crippen molar-refractivity contribution in [1.29, 1.82) is 0 Å². The number of amides is 2. The molecule has 1 atom stereocenters. The summed E-state index contributed by atoms with van der Waals surface area (Å²) >= 11 is 0. The molecule has 0 radical (unpaired) electrons. The second-order valence-corrected chi connectivity index (χ2v) is 8.92. The van der Waals surface area contributed by atoms with E-state index in [1.807, 2.05) is 37.3 Å². The van der Waals surface area contributed by atoms with Gasteiger partial charge in [0.1, 0.15) is 35.2 Å². The summed E-state index contributed by atoms with van der Waals surface area (Å²) < 4.78 is 21.6. The van der Waals surface area contributed by atoms with E-state index in [1.165, 1.54) is 6.07 Å². The molecule has 3 aromatic carbocycles. The Morgan fingerprint density at radius 1 is 0.875 bits per heavy atom. The Balaban J connectivity index is 1.30. The number of nitrogens with one attached hydrogen (secondary N) is 2. The van der Waals surface area contributed by atoms with Gasteiger partial charge in [-0.25, -0.2) is 4.79 Å². The van der Waals surface area contributed by atoms with Gasteiger partial charge in [-0.05, 0) is 61.9 Å². The highest BCUT2D eigenvalue weighted by Gasteiger charge is 2.20. The number of rotatable bonds is 11. The van der Waals surface area contributed by atoms with E-state index in [9.17, 15) is 14.4 Å². The van der Waals surface area contributed by atoms with Crippen molar-refractivity contribution < 1.29 is 33.0 Å². The van der Waals surface area contributed by atoms with Crippen molar-refractivity contribution in [1.82, 2.24) is 5.32 Å². The molecule has 0 spiro atoms. The fourth-order valence-electron chi connectivity index (χ4n) is 3.93. The molecule has 0 fully saturated rings. The molecule has 1 heterocycles. The third kappa shape index (κ3) is 7.28. The normalized spacial score (nSPS) is 11.3. The second kappa shape index (κ2) is 13.1. The van der Waals surface area contributed by atoms with E-state index in [2.05, 4.69) is 10.6 Å². The van der Waals surface area contributed by atoms with Crippen LogP contribution in [0.15, 0.2) is 89.3 Å². The summed E-state index contributed by atoms with van der Waals surface area (Å²) in [5, 5.41) is 5.58. The molecule has 9 heteroatoms. The fraction of sp³-hybridized carbons (Fsp3) is 0.194. The van der Waals surface area contributed by atoms with Crippen LogP contribution in [0.3, 0.4) is 0 Å². The molecular formula is C31H30N2O7. The standard InChI is InChI=1S/C31H30N2O7/c1-20(22-9-5-4-6-10-22)32-30(35)26-11-7-8-12-28(26)33-29(34)19-39-31(36)27-17-25(40-21(27)2)18-38-24-15-13-23(37-3)14-16-24/h4-17,20H,18-19H2,1-3H3,(H,32,35)(H,33,34)/t20-/m0/s1. The Morgan fingerprint density at radius 3 is 2.27 bits per heavy atom. The third-order valence-corrected chi connectivity index (χ3v) is 6.06. The van der Waals surface area contributed by atoms with Gasteiger partial charge in [-0.2, -0.15) is 0 Å².